The molecule has 0 saturated heterocycles. The molecule has 0 unspecified atom stereocenters. The standard InChI is InChI=1S/C20H20ClNO4/c1-14-4-6-15(7-5-14)18(23)13-26-19(24)3-2-12-22-20(25)16-8-10-17(21)11-9-16/h4-11H,2-3,12-13H2,1H3,(H,22,25). The van der Waals surface area contributed by atoms with Crippen LogP contribution >= 0.6 is 11.6 Å². The van der Waals surface area contributed by atoms with Crippen LogP contribution in [-0.4, -0.2) is 30.8 Å². The predicted octanol–water partition coefficient (Wildman–Crippen LogP) is 3.58. The first kappa shape index (κ1) is 19.7. The Balaban J connectivity index is 1.64. The number of halogens is 1. The lowest BCUT2D eigenvalue weighted by Gasteiger charge is -2.06. The molecule has 0 heterocycles. The molecule has 0 spiro atoms. The summed E-state index contributed by atoms with van der Waals surface area (Å²) in [4.78, 5) is 35.5. The third-order valence-corrected chi connectivity index (χ3v) is 3.94. The van der Waals surface area contributed by atoms with Gasteiger partial charge in [-0.15, -0.1) is 0 Å². The molecule has 0 aliphatic carbocycles. The van der Waals surface area contributed by atoms with Gasteiger partial charge in [0.25, 0.3) is 5.91 Å². The second-order valence-electron chi connectivity index (χ2n) is 5.82. The van der Waals surface area contributed by atoms with E-state index in [0.717, 1.165) is 5.56 Å². The molecule has 0 saturated carbocycles. The molecule has 136 valence electrons. The van der Waals surface area contributed by atoms with Gasteiger partial charge in [0.05, 0.1) is 0 Å². The van der Waals surface area contributed by atoms with Crippen molar-refractivity contribution in [2.24, 2.45) is 0 Å². The zero-order valence-corrected chi connectivity index (χ0v) is 15.2. The van der Waals surface area contributed by atoms with Crippen molar-refractivity contribution in [2.45, 2.75) is 19.8 Å². The number of hydrogen-bond donors (Lipinski definition) is 1. The summed E-state index contributed by atoms with van der Waals surface area (Å²) >= 11 is 5.77. The van der Waals surface area contributed by atoms with Gasteiger partial charge in [-0.2, -0.15) is 0 Å². The minimum Gasteiger partial charge on any atom is -0.457 e. The minimum absolute atomic E-state index is 0.127. The number of amides is 1. The predicted molar refractivity (Wildman–Crippen MR) is 99.5 cm³/mol. The summed E-state index contributed by atoms with van der Waals surface area (Å²) < 4.78 is 4.98. The molecule has 2 aromatic carbocycles. The summed E-state index contributed by atoms with van der Waals surface area (Å²) in [7, 11) is 0. The van der Waals surface area contributed by atoms with Gasteiger partial charge < -0.3 is 10.1 Å². The Morgan fingerprint density at radius 1 is 0.962 bits per heavy atom. The molecule has 0 radical (unpaired) electrons. The van der Waals surface area contributed by atoms with Crippen LogP contribution < -0.4 is 5.32 Å². The molecule has 26 heavy (non-hydrogen) atoms. The highest BCUT2D eigenvalue weighted by molar-refractivity contribution is 6.30. The van der Waals surface area contributed by atoms with Crippen LogP contribution in [0.4, 0.5) is 0 Å². The second kappa shape index (κ2) is 9.73. The lowest BCUT2D eigenvalue weighted by molar-refractivity contribution is -0.142. The van der Waals surface area contributed by atoms with Crippen LogP contribution in [-0.2, 0) is 9.53 Å². The van der Waals surface area contributed by atoms with Crippen LogP contribution in [0.3, 0.4) is 0 Å². The smallest absolute Gasteiger partial charge is 0.306 e. The molecule has 0 fully saturated rings. The molecule has 0 bridgehead atoms. The molecule has 0 aromatic heterocycles. The lowest BCUT2D eigenvalue weighted by atomic mass is 10.1. The van der Waals surface area contributed by atoms with E-state index in [4.69, 9.17) is 16.3 Å². The number of carbonyl (C=O) groups excluding carboxylic acids is 3. The first-order valence-corrected chi connectivity index (χ1v) is 8.63. The highest BCUT2D eigenvalue weighted by Crippen LogP contribution is 2.09. The molecule has 0 aliphatic rings. The van der Waals surface area contributed by atoms with Gasteiger partial charge in [-0.3, -0.25) is 14.4 Å². The summed E-state index contributed by atoms with van der Waals surface area (Å²) in [6, 6.07) is 13.6. The van der Waals surface area contributed by atoms with E-state index in [1.54, 1.807) is 36.4 Å². The highest BCUT2D eigenvalue weighted by atomic mass is 35.5. The first-order valence-electron chi connectivity index (χ1n) is 8.25. The normalized spacial score (nSPS) is 10.2. The quantitative estimate of drug-likeness (QED) is 0.436. The van der Waals surface area contributed by atoms with E-state index in [0.29, 0.717) is 29.1 Å². The maximum atomic E-state index is 11.9. The fourth-order valence-electron chi connectivity index (χ4n) is 2.18. The second-order valence-corrected chi connectivity index (χ2v) is 6.25. The molecule has 0 aliphatic heterocycles. The zero-order chi connectivity index (χ0) is 18.9. The molecule has 1 N–H and O–H groups in total. The number of rotatable bonds is 8. The molecule has 1 amide bonds. The number of ketones is 1. The Morgan fingerprint density at radius 2 is 1.58 bits per heavy atom. The summed E-state index contributed by atoms with van der Waals surface area (Å²) in [5.41, 5.74) is 2.07. The Labute approximate surface area is 157 Å². The molecule has 2 aromatic rings. The number of ether oxygens (including phenoxy) is 1. The minimum atomic E-state index is -0.466. The molecular formula is C20H20ClNO4. The van der Waals surface area contributed by atoms with Crippen molar-refractivity contribution in [1.82, 2.24) is 5.32 Å². The molecule has 2 rings (SSSR count). The van der Waals surface area contributed by atoms with Gasteiger partial charge in [0.1, 0.15) is 0 Å². The van der Waals surface area contributed by atoms with Gasteiger partial charge in [-0.25, -0.2) is 0 Å². The van der Waals surface area contributed by atoms with E-state index in [2.05, 4.69) is 5.32 Å². The molecular weight excluding hydrogens is 354 g/mol. The van der Waals surface area contributed by atoms with E-state index >= 15 is 0 Å². The van der Waals surface area contributed by atoms with E-state index in [1.807, 2.05) is 19.1 Å². The van der Waals surface area contributed by atoms with E-state index in [9.17, 15) is 14.4 Å². The van der Waals surface area contributed by atoms with Gasteiger partial charge in [0.2, 0.25) is 0 Å². The summed E-state index contributed by atoms with van der Waals surface area (Å²) in [6.45, 7) is 1.99. The average molecular weight is 374 g/mol. The largest absolute Gasteiger partial charge is 0.457 e. The molecule has 5 nitrogen and oxygen atoms in total. The van der Waals surface area contributed by atoms with Crippen molar-refractivity contribution in [2.75, 3.05) is 13.2 Å². The number of hydrogen-bond acceptors (Lipinski definition) is 4. The van der Waals surface area contributed by atoms with Crippen molar-refractivity contribution in [3.63, 3.8) is 0 Å². The third-order valence-electron chi connectivity index (χ3n) is 3.69. The maximum absolute atomic E-state index is 11.9. The van der Waals surface area contributed by atoms with Crippen LogP contribution in [0, 0.1) is 6.92 Å². The summed E-state index contributed by atoms with van der Waals surface area (Å²) in [5.74, 6) is -0.940. The topological polar surface area (TPSA) is 72.5 Å². The summed E-state index contributed by atoms with van der Waals surface area (Å²) in [6.07, 6.45) is 0.555. The van der Waals surface area contributed by atoms with Gasteiger partial charge in [-0.1, -0.05) is 41.4 Å². The zero-order valence-electron chi connectivity index (χ0n) is 14.5. The average Bonchev–Trinajstić information content (AvgIpc) is 2.64. The first-order chi connectivity index (χ1) is 12.5. The third kappa shape index (κ3) is 6.33. The molecule has 0 atom stereocenters. The van der Waals surface area contributed by atoms with Crippen LogP contribution in [0.25, 0.3) is 0 Å². The van der Waals surface area contributed by atoms with Crippen molar-refractivity contribution < 1.29 is 19.1 Å². The fraction of sp³-hybridized carbons (Fsp3) is 0.250. The number of aryl methyl sites for hydroxylation is 1. The van der Waals surface area contributed by atoms with E-state index in [-0.39, 0.29) is 24.7 Å². The Morgan fingerprint density at radius 3 is 2.23 bits per heavy atom. The van der Waals surface area contributed by atoms with Crippen LogP contribution in [0.1, 0.15) is 39.1 Å². The lowest BCUT2D eigenvalue weighted by Crippen LogP contribution is -2.25. The van der Waals surface area contributed by atoms with Crippen LogP contribution in [0.15, 0.2) is 48.5 Å². The van der Waals surface area contributed by atoms with Gasteiger partial charge >= 0.3 is 5.97 Å². The number of benzene rings is 2. The number of esters is 1. The van der Waals surface area contributed by atoms with E-state index < -0.39 is 5.97 Å². The van der Waals surface area contributed by atoms with Crippen molar-refractivity contribution in [3.05, 3.63) is 70.2 Å². The van der Waals surface area contributed by atoms with Crippen LogP contribution in [0.5, 0.6) is 0 Å². The Kier molecular flexibility index (Phi) is 7.36. The monoisotopic (exact) mass is 373 g/mol. The summed E-state index contributed by atoms with van der Waals surface area (Å²) in [5, 5.41) is 3.27. The Bertz CT molecular complexity index is 769. The van der Waals surface area contributed by atoms with Gasteiger partial charge in [0, 0.05) is 29.1 Å². The van der Waals surface area contributed by atoms with E-state index in [1.165, 1.54) is 0 Å². The molecule has 6 heteroatoms. The van der Waals surface area contributed by atoms with Crippen molar-refractivity contribution in [3.8, 4) is 0 Å². The van der Waals surface area contributed by atoms with Crippen molar-refractivity contribution >= 4 is 29.3 Å². The Hall–Kier alpha value is -2.66. The maximum Gasteiger partial charge on any atom is 0.306 e. The fourth-order valence-corrected chi connectivity index (χ4v) is 2.30. The number of Topliss-reactive ketones (excluding diaryl/α,β-unsaturated/α-hetero) is 1. The van der Waals surface area contributed by atoms with Gasteiger partial charge in [0.15, 0.2) is 12.4 Å². The highest BCUT2D eigenvalue weighted by Gasteiger charge is 2.10. The SMILES string of the molecule is Cc1ccc(C(=O)COC(=O)CCCNC(=O)c2ccc(Cl)cc2)cc1. The number of carbonyl (C=O) groups is 3. The van der Waals surface area contributed by atoms with Crippen molar-refractivity contribution in [1.29, 1.82) is 0 Å². The number of nitrogens with one attached hydrogen (secondary N) is 1. The van der Waals surface area contributed by atoms with Crippen LogP contribution in [0.2, 0.25) is 5.02 Å². The van der Waals surface area contributed by atoms with Gasteiger partial charge in [-0.05, 0) is 37.6 Å².